The summed E-state index contributed by atoms with van der Waals surface area (Å²) in [5, 5.41) is 12.5. The summed E-state index contributed by atoms with van der Waals surface area (Å²) in [4.78, 5) is 2.07. The molecule has 0 bridgehead atoms. The maximum absolute atomic E-state index is 12.1. The van der Waals surface area contributed by atoms with Crippen molar-refractivity contribution in [2.75, 3.05) is 53.4 Å². The van der Waals surface area contributed by atoms with E-state index in [1.165, 1.54) is 22.7 Å². The van der Waals surface area contributed by atoms with E-state index in [9.17, 15) is 13.5 Å². The molecule has 0 spiro atoms. The molecular weight excluding hydrogens is 366 g/mol. The van der Waals surface area contributed by atoms with E-state index in [-0.39, 0.29) is 6.61 Å². The number of aliphatic hydroxyl groups excluding tert-OH is 1. The van der Waals surface area contributed by atoms with E-state index in [0.717, 1.165) is 16.5 Å². The summed E-state index contributed by atoms with van der Waals surface area (Å²) in [7, 11) is -0.289. The third-order valence-electron chi connectivity index (χ3n) is 4.75. The lowest BCUT2D eigenvalue weighted by atomic mass is 10.1. The molecule has 2 aromatic rings. The standard InChI is InChI=1S/C19H27N3O4S/c1-20(2)27(24,25)22-11-9-21(10-12-22)14-18(23)15-26-19-8-7-16-5-3-4-6-17(16)13-19/h3-8,13,18,23H,9-12,14-15H2,1-2H3. The van der Waals surface area contributed by atoms with Gasteiger partial charge in [0.25, 0.3) is 10.2 Å². The number of aliphatic hydroxyl groups is 1. The minimum absolute atomic E-state index is 0.203. The van der Waals surface area contributed by atoms with E-state index in [4.69, 9.17) is 4.74 Å². The fourth-order valence-electron chi connectivity index (χ4n) is 3.17. The summed E-state index contributed by atoms with van der Waals surface area (Å²) in [6.45, 7) is 2.72. The number of nitrogens with zero attached hydrogens (tertiary/aromatic N) is 3. The first-order valence-corrected chi connectivity index (χ1v) is 10.5. The number of rotatable bonds is 7. The number of piperazine rings is 1. The van der Waals surface area contributed by atoms with Crippen molar-refractivity contribution in [2.45, 2.75) is 6.10 Å². The van der Waals surface area contributed by atoms with Crippen LogP contribution in [0, 0.1) is 0 Å². The summed E-state index contributed by atoms with van der Waals surface area (Å²) in [5.74, 6) is 0.731. The molecule has 0 aliphatic carbocycles. The van der Waals surface area contributed by atoms with Crippen molar-refractivity contribution in [3.8, 4) is 5.75 Å². The van der Waals surface area contributed by atoms with Crippen LogP contribution in [-0.2, 0) is 10.2 Å². The summed E-state index contributed by atoms with van der Waals surface area (Å²) >= 11 is 0. The highest BCUT2D eigenvalue weighted by molar-refractivity contribution is 7.86. The minimum Gasteiger partial charge on any atom is -0.491 e. The molecule has 1 fully saturated rings. The molecule has 1 N–H and O–H groups in total. The molecule has 0 radical (unpaired) electrons. The van der Waals surface area contributed by atoms with Gasteiger partial charge in [0.15, 0.2) is 0 Å². The van der Waals surface area contributed by atoms with E-state index < -0.39 is 16.3 Å². The highest BCUT2D eigenvalue weighted by Gasteiger charge is 2.29. The van der Waals surface area contributed by atoms with E-state index in [2.05, 4.69) is 4.90 Å². The van der Waals surface area contributed by atoms with Crippen LogP contribution in [0.15, 0.2) is 42.5 Å². The van der Waals surface area contributed by atoms with Crippen LogP contribution in [-0.4, -0.2) is 86.6 Å². The lowest BCUT2D eigenvalue weighted by Crippen LogP contribution is -2.53. The van der Waals surface area contributed by atoms with Gasteiger partial charge in [0, 0.05) is 46.8 Å². The molecule has 8 heteroatoms. The van der Waals surface area contributed by atoms with Gasteiger partial charge in [-0.1, -0.05) is 30.3 Å². The minimum atomic E-state index is -3.36. The zero-order valence-electron chi connectivity index (χ0n) is 15.8. The first-order chi connectivity index (χ1) is 12.9. The quantitative estimate of drug-likeness (QED) is 0.760. The molecule has 27 heavy (non-hydrogen) atoms. The van der Waals surface area contributed by atoms with Gasteiger partial charge in [-0.3, -0.25) is 4.90 Å². The fourth-order valence-corrected chi connectivity index (χ4v) is 4.26. The molecule has 0 amide bonds. The number of hydrogen-bond acceptors (Lipinski definition) is 5. The van der Waals surface area contributed by atoms with E-state index >= 15 is 0 Å². The first-order valence-electron chi connectivity index (χ1n) is 9.06. The van der Waals surface area contributed by atoms with Crippen molar-refractivity contribution < 1.29 is 18.3 Å². The van der Waals surface area contributed by atoms with Gasteiger partial charge in [-0.2, -0.15) is 17.0 Å². The maximum atomic E-state index is 12.1. The Kier molecular flexibility index (Phi) is 6.33. The van der Waals surface area contributed by atoms with Crippen LogP contribution < -0.4 is 4.74 Å². The van der Waals surface area contributed by atoms with Crippen LogP contribution in [0.2, 0.25) is 0 Å². The van der Waals surface area contributed by atoms with Crippen LogP contribution in [0.5, 0.6) is 5.75 Å². The molecule has 0 saturated carbocycles. The second-order valence-electron chi connectivity index (χ2n) is 6.96. The predicted octanol–water partition coefficient (Wildman–Crippen LogP) is 1.00. The van der Waals surface area contributed by atoms with Gasteiger partial charge < -0.3 is 9.84 Å². The predicted molar refractivity (Wildman–Crippen MR) is 106 cm³/mol. The van der Waals surface area contributed by atoms with E-state index in [1.807, 2.05) is 42.5 Å². The number of hydrogen-bond donors (Lipinski definition) is 1. The number of benzene rings is 2. The molecule has 3 rings (SSSR count). The molecule has 1 aliphatic heterocycles. The highest BCUT2D eigenvalue weighted by Crippen LogP contribution is 2.20. The van der Waals surface area contributed by atoms with Gasteiger partial charge in [0.05, 0.1) is 0 Å². The molecule has 7 nitrogen and oxygen atoms in total. The van der Waals surface area contributed by atoms with E-state index in [1.54, 1.807) is 0 Å². The van der Waals surface area contributed by atoms with Gasteiger partial charge in [0.1, 0.15) is 18.5 Å². The Labute approximate surface area is 160 Å². The maximum Gasteiger partial charge on any atom is 0.281 e. The molecule has 0 aromatic heterocycles. The van der Waals surface area contributed by atoms with Crippen molar-refractivity contribution >= 4 is 21.0 Å². The molecule has 2 aromatic carbocycles. The Bertz CT molecular complexity index is 864. The third kappa shape index (κ3) is 4.97. The largest absolute Gasteiger partial charge is 0.491 e. The second kappa shape index (κ2) is 8.53. The molecule has 1 aliphatic rings. The zero-order chi connectivity index (χ0) is 19.4. The molecule has 1 saturated heterocycles. The number of fused-ring (bicyclic) bond motifs is 1. The summed E-state index contributed by atoms with van der Waals surface area (Å²) in [6, 6.07) is 13.9. The van der Waals surface area contributed by atoms with E-state index in [0.29, 0.717) is 32.7 Å². The molecule has 1 heterocycles. The van der Waals surface area contributed by atoms with Crippen LogP contribution in [0.1, 0.15) is 0 Å². The Morgan fingerprint density at radius 1 is 1.07 bits per heavy atom. The molecule has 1 unspecified atom stereocenters. The lowest BCUT2D eigenvalue weighted by molar-refractivity contribution is 0.0565. The summed E-state index contributed by atoms with van der Waals surface area (Å²) in [5.41, 5.74) is 0. The van der Waals surface area contributed by atoms with Gasteiger partial charge in [-0.15, -0.1) is 0 Å². The van der Waals surface area contributed by atoms with Gasteiger partial charge in [-0.05, 0) is 22.9 Å². The van der Waals surface area contributed by atoms with Gasteiger partial charge >= 0.3 is 0 Å². The van der Waals surface area contributed by atoms with Gasteiger partial charge in [0.2, 0.25) is 0 Å². The van der Waals surface area contributed by atoms with Crippen LogP contribution >= 0.6 is 0 Å². The number of β-amino-alcohol motifs (C(OH)–C–C–N with tert-alkyl or cyclic N) is 1. The average molecular weight is 394 g/mol. The lowest BCUT2D eigenvalue weighted by Gasteiger charge is -2.35. The Morgan fingerprint density at radius 2 is 1.74 bits per heavy atom. The second-order valence-corrected chi connectivity index (χ2v) is 9.11. The fraction of sp³-hybridized carbons (Fsp3) is 0.474. The average Bonchev–Trinajstić information content (AvgIpc) is 2.66. The topological polar surface area (TPSA) is 73.3 Å². The van der Waals surface area contributed by atoms with Gasteiger partial charge in [-0.25, -0.2) is 0 Å². The Hall–Kier alpha value is -1.71. The molecule has 1 atom stereocenters. The summed E-state index contributed by atoms with van der Waals surface area (Å²) in [6.07, 6.45) is -0.631. The van der Waals surface area contributed by atoms with Crippen molar-refractivity contribution in [3.05, 3.63) is 42.5 Å². The van der Waals surface area contributed by atoms with Crippen molar-refractivity contribution in [1.82, 2.24) is 13.5 Å². The normalized spacial score (nSPS) is 18.1. The SMILES string of the molecule is CN(C)S(=O)(=O)N1CCN(CC(O)COc2ccc3ccccc3c2)CC1. The van der Waals surface area contributed by atoms with Crippen LogP contribution in [0.3, 0.4) is 0 Å². The first kappa shape index (κ1) is 20.0. The van der Waals surface area contributed by atoms with Crippen molar-refractivity contribution in [1.29, 1.82) is 0 Å². The van der Waals surface area contributed by atoms with Crippen LogP contribution in [0.25, 0.3) is 10.8 Å². The van der Waals surface area contributed by atoms with Crippen LogP contribution in [0.4, 0.5) is 0 Å². The molecule has 148 valence electrons. The molecular formula is C19H27N3O4S. The zero-order valence-corrected chi connectivity index (χ0v) is 16.6. The highest BCUT2D eigenvalue weighted by atomic mass is 32.2. The summed E-state index contributed by atoms with van der Waals surface area (Å²) < 4.78 is 32.7. The third-order valence-corrected chi connectivity index (χ3v) is 6.69. The monoisotopic (exact) mass is 393 g/mol. The Morgan fingerprint density at radius 3 is 2.41 bits per heavy atom. The Balaban J connectivity index is 1.46. The number of ether oxygens (including phenoxy) is 1. The van der Waals surface area contributed by atoms with Crippen molar-refractivity contribution in [3.63, 3.8) is 0 Å². The smallest absolute Gasteiger partial charge is 0.281 e. The van der Waals surface area contributed by atoms with Crippen molar-refractivity contribution in [2.24, 2.45) is 0 Å².